The van der Waals surface area contributed by atoms with E-state index >= 15 is 0 Å². The molecular weight excluding hydrogens is 266 g/mol. The normalized spacial score (nSPS) is 9.05. The molecule has 0 amide bonds. The second-order valence-electron chi connectivity index (χ2n) is 4.17. The number of benzene rings is 1. The lowest BCUT2D eigenvalue weighted by Crippen LogP contribution is -1.80. The number of aromatic nitrogens is 2. The zero-order valence-corrected chi connectivity index (χ0v) is 14.1. The van der Waals surface area contributed by atoms with Gasteiger partial charge in [-0.3, -0.25) is 0 Å². The van der Waals surface area contributed by atoms with E-state index in [0.717, 1.165) is 10.6 Å². The molecule has 1 aromatic carbocycles. The Hall–Kier alpha value is -1.42. The predicted molar refractivity (Wildman–Crippen MR) is 91.0 cm³/mol. The van der Waals surface area contributed by atoms with Crippen LogP contribution < -0.4 is 5.73 Å². The van der Waals surface area contributed by atoms with Crippen molar-refractivity contribution in [3.8, 4) is 10.6 Å². The highest BCUT2D eigenvalue weighted by Crippen LogP contribution is 2.24. The van der Waals surface area contributed by atoms with Gasteiger partial charge < -0.3 is 5.73 Å². The number of nitrogens with zero attached hydrogens (tertiary/aromatic N) is 2. The van der Waals surface area contributed by atoms with Gasteiger partial charge >= 0.3 is 0 Å². The molecule has 0 unspecified atom stereocenters. The summed E-state index contributed by atoms with van der Waals surface area (Å²) in [7, 11) is 0. The summed E-state index contributed by atoms with van der Waals surface area (Å²) in [5.74, 6) is 0. The minimum Gasteiger partial charge on any atom is -0.374 e. The number of nitrogens with two attached hydrogens (primary N) is 1. The van der Waals surface area contributed by atoms with E-state index in [9.17, 15) is 0 Å². The van der Waals surface area contributed by atoms with Gasteiger partial charge in [0.2, 0.25) is 5.13 Å². The first-order chi connectivity index (χ1) is 9.67. The number of nitrogen functional groups attached to an aromatic ring is 1. The van der Waals surface area contributed by atoms with Crippen molar-refractivity contribution < 1.29 is 0 Å². The van der Waals surface area contributed by atoms with E-state index in [0.29, 0.717) is 5.13 Å². The van der Waals surface area contributed by atoms with Gasteiger partial charge in [0.1, 0.15) is 5.01 Å². The minimum atomic E-state index is 0.510. The van der Waals surface area contributed by atoms with Gasteiger partial charge in [-0.2, -0.15) is 0 Å². The maximum Gasteiger partial charge on any atom is 0.203 e. The van der Waals surface area contributed by atoms with Crippen molar-refractivity contribution in [1.29, 1.82) is 0 Å². The fraction of sp³-hybridized carbons (Fsp3) is 0.500. The van der Waals surface area contributed by atoms with E-state index in [1.54, 1.807) is 0 Å². The van der Waals surface area contributed by atoms with Crippen molar-refractivity contribution >= 4 is 16.5 Å². The second-order valence-corrected chi connectivity index (χ2v) is 5.17. The number of rotatable bonds is 3. The molecular formula is C16H27N3S. The maximum absolute atomic E-state index is 5.49. The number of aryl methyl sites for hydroxylation is 1. The molecule has 2 rings (SSSR count). The van der Waals surface area contributed by atoms with Crippen LogP contribution in [0, 0.1) is 6.92 Å². The molecule has 2 N–H and O–H groups in total. The molecule has 4 heteroatoms. The smallest absolute Gasteiger partial charge is 0.203 e. The van der Waals surface area contributed by atoms with Crippen LogP contribution in [0.2, 0.25) is 0 Å². The molecule has 0 atom stereocenters. The molecule has 0 saturated heterocycles. The molecule has 0 saturated carbocycles. The third-order valence-electron chi connectivity index (χ3n) is 2.45. The van der Waals surface area contributed by atoms with Crippen molar-refractivity contribution in [3.63, 3.8) is 0 Å². The van der Waals surface area contributed by atoms with Crippen LogP contribution >= 0.6 is 11.3 Å². The minimum absolute atomic E-state index is 0.510. The van der Waals surface area contributed by atoms with Crippen molar-refractivity contribution in [1.82, 2.24) is 10.2 Å². The first-order valence-electron chi connectivity index (χ1n) is 7.33. The van der Waals surface area contributed by atoms with Gasteiger partial charge in [0.25, 0.3) is 0 Å². The lowest BCUT2D eigenvalue weighted by molar-refractivity contribution is 0.772. The average Bonchev–Trinajstić information content (AvgIpc) is 2.90. The molecule has 0 spiro atoms. The number of anilines is 1. The summed E-state index contributed by atoms with van der Waals surface area (Å²) in [5.41, 5.74) is 7.80. The summed E-state index contributed by atoms with van der Waals surface area (Å²) in [6.45, 7) is 10.5. The first kappa shape index (κ1) is 18.6. The predicted octanol–water partition coefficient (Wildman–Crippen LogP) is 5.32. The molecule has 2 aromatic rings. The summed E-state index contributed by atoms with van der Waals surface area (Å²) >= 11 is 1.40. The van der Waals surface area contributed by atoms with Crippen LogP contribution in [0.5, 0.6) is 0 Å². The monoisotopic (exact) mass is 293 g/mol. The van der Waals surface area contributed by atoms with Gasteiger partial charge in [-0.05, 0) is 6.92 Å². The summed E-state index contributed by atoms with van der Waals surface area (Å²) in [5, 5.41) is 9.10. The van der Waals surface area contributed by atoms with Crippen molar-refractivity contribution in [2.75, 3.05) is 5.73 Å². The van der Waals surface area contributed by atoms with E-state index in [-0.39, 0.29) is 0 Å². The standard InChI is InChI=1S/C9H9N3S.C5H12.C2H6/c1-6-2-4-7(5-3-6)8-11-12-9(10)13-8;1-3-5-4-2;1-2/h2-5H,1H3,(H2,10,12);3-5H2,1-2H3;1-2H3. The largest absolute Gasteiger partial charge is 0.374 e. The Morgan fingerprint density at radius 3 is 1.90 bits per heavy atom. The SMILES string of the molecule is CC.CCCCC.Cc1ccc(-c2nnc(N)s2)cc1. The van der Waals surface area contributed by atoms with Gasteiger partial charge in [0, 0.05) is 5.56 Å². The van der Waals surface area contributed by atoms with Crippen LogP contribution in [0.1, 0.15) is 52.5 Å². The lowest BCUT2D eigenvalue weighted by atomic mass is 10.2. The van der Waals surface area contributed by atoms with Crippen LogP contribution in [0.3, 0.4) is 0 Å². The zero-order valence-electron chi connectivity index (χ0n) is 13.3. The van der Waals surface area contributed by atoms with Gasteiger partial charge in [0.05, 0.1) is 0 Å². The first-order valence-corrected chi connectivity index (χ1v) is 8.15. The van der Waals surface area contributed by atoms with Crippen molar-refractivity contribution in [3.05, 3.63) is 29.8 Å². The topological polar surface area (TPSA) is 51.8 Å². The highest BCUT2D eigenvalue weighted by molar-refractivity contribution is 7.18. The fourth-order valence-corrected chi connectivity index (χ4v) is 2.02. The summed E-state index contributed by atoms with van der Waals surface area (Å²) < 4.78 is 0. The van der Waals surface area contributed by atoms with E-state index in [1.807, 2.05) is 38.1 Å². The van der Waals surface area contributed by atoms with E-state index in [2.05, 4.69) is 31.0 Å². The van der Waals surface area contributed by atoms with Gasteiger partial charge in [-0.1, -0.05) is 88.1 Å². The molecule has 3 nitrogen and oxygen atoms in total. The fourth-order valence-electron chi connectivity index (χ4n) is 1.40. The van der Waals surface area contributed by atoms with E-state index in [1.165, 1.54) is 36.2 Å². The Kier molecular flexibility index (Phi) is 10.6. The van der Waals surface area contributed by atoms with Crippen LogP contribution in [-0.2, 0) is 0 Å². The molecule has 0 aliphatic carbocycles. The average molecular weight is 293 g/mol. The van der Waals surface area contributed by atoms with Gasteiger partial charge in [0.15, 0.2) is 0 Å². The number of hydrogen-bond donors (Lipinski definition) is 1. The number of hydrogen-bond acceptors (Lipinski definition) is 4. The van der Waals surface area contributed by atoms with E-state index < -0.39 is 0 Å². The highest BCUT2D eigenvalue weighted by atomic mass is 32.1. The van der Waals surface area contributed by atoms with Crippen LogP contribution in [0.4, 0.5) is 5.13 Å². The molecule has 0 aliphatic rings. The summed E-state index contributed by atoms with van der Waals surface area (Å²) in [4.78, 5) is 0. The Balaban J connectivity index is 0.000000441. The van der Waals surface area contributed by atoms with Crippen molar-refractivity contribution in [2.24, 2.45) is 0 Å². The summed E-state index contributed by atoms with van der Waals surface area (Å²) in [6, 6.07) is 8.14. The molecule has 112 valence electrons. The Labute approximate surface area is 127 Å². The Morgan fingerprint density at radius 1 is 1.00 bits per heavy atom. The zero-order chi connectivity index (χ0) is 15.4. The molecule has 1 aromatic heterocycles. The molecule has 0 radical (unpaired) electrons. The Bertz CT molecular complexity index is 447. The lowest BCUT2D eigenvalue weighted by Gasteiger charge is -1.94. The summed E-state index contributed by atoms with van der Waals surface area (Å²) in [6.07, 6.45) is 4.08. The van der Waals surface area contributed by atoms with Crippen LogP contribution in [0.25, 0.3) is 10.6 Å². The molecule has 0 fully saturated rings. The highest BCUT2D eigenvalue weighted by Gasteiger charge is 2.02. The molecule has 0 bridgehead atoms. The maximum atomic E-state index is 5.49. The third kappa shape index (κ3) is 7.24. The van der Waals surface area contributed by atoms with Crippen LogP contribution in [0.15, 0.2) is 24.3 Å². The number of unbranched alkanes of at least 4 members (excludes halogenated alkanes) is 2. The molecule has 0 aliphatic heterocycles. The molecule has 1 heterocycles. The second kappa shape index (κ2) is 11.4. The quantitative estimate of drug-likeness (QED) is 0.833. The van der Waals surface area contributed by atoms with E-state index in [4.69, 9.17) is 5.73 Å². The van der Waals surface area contributed by atoms with Gasteiger partial charge in [-0.25, -0.2) is 0 Å². The molecule has 20 heavy (non-hydrogen) atoms. The Morgan fingerprint density at radius 2 is 1.55 bits per heavy atom. The van der Waals surface area contributed by atoms with Crippen molar-refractivity contribution in [2.45, 2.75) is 53.9 Å². The third-order valence-corrected chi connectivity index (χ3v) is 3.25. The van der Waals surface area contributed by atoms with Crippen LogP contribution in [-0.4, -0.2) is 10.2 Å². The van der Waals surface area contributed by atoms with Gasteiger partial charge in [-0.15, -0.1) is 10.2 Å².